The highest BCUT2D eigenvalue weighted by atomic mass is 32.2. The minimum Gasteiger partial charge on any atom is -0.493 e. The number of carbonyl (C=O) groups is 3. The van der Waals surface area contributed by atoms with Gasteiger partial charge >= 0.3 is 0 Å². The van der Waals surface area contributed by atoms with Crippen LogP contribution in [0.25, 0.3) is 0 Å². The van der Waals surface area contributed by atoms with Gasteiger partial charge in [-0.3, -0.25) is 14.4 Å². The fourth-order valence-electron chi connectivity index (χ4n) is 7.27. The number of para-hydroxylation sites is 2. The van der Waals surface area contributed by atoms with Crippen LogP contribution in [0.3, 0.4) is 0 Å². The van der Waals surface area contributed by atoms with Gasteiger partial charge in [-0.1, -0.05) is 94.7 Å². The highest BCUT2D eigenvalue weighted by Crippen LogP contribution is 2.30. The maximum Gasteiger partial charge on any atom is 0.266 e. The zero-order valence-electron chi connectivity index (χ0n) is 34.8. The van der Waals surface area contributed by atoms with Gasteiger partial charge in [-0.25, -0.2) is 13.1 Å². The minimum absolute atomic E-state index is 0.106. The summed E-state index contributed by atoms with van der Waals surface area (Å²) in [5.41, 5.74) is 1.61. The standard InChI is InChI=1S/C26H34N2O5S.C20H24N2O4S/c1-2-3-5-17-25(29)28-34(31,32)24-16-9-8-15-23(24)27-26(30)21-13-10-14-22(18-21)33-19-20-11-6-4-7-12-20;21-25-26-27-19-12-5-4-11-18(19)22-20(23)16-9-6-10-17(13-16)24-14-15-7-2-1-3-8-15/h8-10,13-16,18,20H,2-7,11-12,17,19H2,1H3,(H,27,30)(H,28,29);4-6,9-13,15H,1-3,7-8,14,21H2,(H,22,23). The van der Waals surface area contributed by atoms with Gasteiger partial charge in [0, 0.05) is 17.5 Å². The van der Waals surface area contributed by atoms with Crippen molar-refractivity contribution in [2.24, 2.45) is 17.7 Å². The molecule has 0 atom stereocenters. The fourth-order valence-corrected chi connectivity index (χ4v) is 8.91. The molecule has 0 unspecified atom stereocenters. The number of amides is 3. The molecule has 0 aliphatic heterocycles. The molecule has 2 aliphatic rings. The Morgan fingerprint density at radius 1 is 0.672 bits per heavy atom. The van der Waals surface area contributed by atoms with Crippen LogP contribution >= 0.6 is 12.0 Å². The summed E-state index contributed by atoms with van der Waals surface area (Å²) in [7, 11) is -4.12. The Balaban J connectivity index is 0.000000237. The molecule has 4 aromatic rings. The number of rotatable bonds is 19. The highest BCUT2D eigenvalue weighted by molar-refractivity contribution is 7.94. The Morgan fingerprint density at radius 2 is 1.20 bits per heavy atom. The normalized spacial score (nSPS) is 14.5. The third kappa shape index (κ3) is 15.8. The van der Waals surface area contributed by atoms with Crippen molar-refractivity contribution in [3.8, 4) is 11.5 Å². The van der Waals surface area contributed by atoms with E-state index in [0.717, 1.165) is 30.6 Å². The summed E-state index contributed by atoms with van der Waals surface area (Å²) < 4.78 is 44.2. The summed E-state index contributed by atoms with van der Waals surface area (Å²) in [6.07, 6.45) is 15.0. The van der Waals surface area contributed by atoms with Crippen LogP contribution in [0.15, 0.2) is 107 Å². The molecule has 4 aromatic carbocycles. The molecule has 6 rings (SSSR count). The first-order chi connectivity index (χ1) is 29.6. The van der Waals surface area contributed by atoms with Crippen LogP contribution in [-0.2, 0) is 24.1 Å². The smallest absolute Gasteiger partial charge is 0.266 e. The first-order valence-corrected chi connectivity index (χ1v) is 23.4. The minimum atomic E-state index is -4.12. The van der Waals surface area contributed by atoms with E-state index in [9.17, 15) is 22.8 Å². The zero-order valence-corrected chi connectivity index (χ0v) is 36.4. The SMILES string of the molecule is CCCCCC(=O)NS(=O)(=O)c1ccccc1NC(=O)c1cccc(OCC2CCCCC2)c1.NOOSc1ccccc1NC(=O)c1cccc(OCC2CCCCC2)c1. The fraction of sp³-hybridized carbons (Fsp3) is 0.413. The van der Waals surface area contributed by atoms with Crippen LogP contribution in [0.1, 0.15) is 118 Å². The van der Waals surface area contributed by atoms with Gasteiger partial charge in [-0.05, 0) is 105 Å². The lowest BCUT2D eigenvalue weighted by molar-refractivity contribution is -0.195. The Kier molecular flexibility index (Phi) is 19.4. The van der Waals surface area contributed by atoms with Crippen molar-refractivity contribution < 1.29 is 41.6 Å². The lowest BCUT2D eigenvalue weighted by Crippen LogP contribution is -2.31. The van der Waals surface area contributed by atoms with E-state index < -0.39 is 21.8 Å². The van der Waals surface area contributed by atoms with Crippen molar-refractivity contribution in [3.63, 3.8) is 0 Å². The molecule has 2 fully saturated rings. The summed E-state index contributed by atoms with van der Waals surface area (Å²) in [5, 5.41) is 5.54. The maximum absolute atomic E-state index is 12.9. The van der Waals surface area contributed by atoms with Crippen LogP contribution in [-0.4, -0.2) is 39.4 Å². The van der Waals surface area contributed by atoms with Crippen molar-refractivity contribution in [3.05, 3.63) is 108 Å². The van der Waals surface area contributed by atoms with Gasteiger partial charge in [-0.2, -0.15) is 5.90 Å². The van der Waals surface area contributed by atoms with Crippen molar-refractivity contribution in [1.29, 1.82) is 0 Å². The van der Waals surface area contributed by atoms with E-state index in [0.29, 0.717) is 58.9 Å². The van der Waals surface area contributed by atoms with E-state index in [2.05, 4.69) is 24.7 Å². The quantitative estimate of drug-likeness (QED) is 0.0304. The van der Waals surface area contributed by atoms with Gasteiger partial charge in [0.1, 0.15) is 16.4 Å². The molecule has 13 nitrogen and oxygen atoms in total. The van der Waals surface area contributed by atoms with Crippen molar-refractivity contribution in [1.82, 2.24) is 4.72 Å². The number of sulfonamides is 1. The number of ether oxygens (including phenoxy) is 2. The lowest BCUT2D eigenvalue weighted by atomic mass is 9.90. The summed E-state index contributed by atoms with van der Waals surface area (Å²) in [6.45, 7) is 3.34. The molecular formula is C46H58N4O9S2. The third-order valence-electron chi connectivity index (χ3n) is 10.6. The molecule has 15 heteroatoms. The molecule has 328 valence electrons. The molecule has 0 radical (unpaired) electrons. The molecule has 2 saturated carbocycles. The number of benzene rings is 4. The Morgan fingerprint density at radius 3 is 1.75 bits per heavy atom. The number of hydrogen-bond acceptors (Lipinski definition) is 11. The Hall–Kier alpha value is -4.93. The largest absolute Gasteiger partial charge is 0.493 e. The van der Waals surface area contributed by atoms with Crippen LogP contribution < -0.4 is 30.7 Å². The number of nitrogens with two attached hydrogens (primary N) is 1. The summed E-state index contributed by atoms with van der Waals surface area (Å²) in [4.78, 5) is 42.3. The van der Waals surface area contributed by atoms with Crippen molar-refractivity contribution in [2.45, 2.75) is 107 Å². The molecule has 5 N–H and O–H groups in total. The van der Waals surface area contributed by atoms with Gasteiger partial charge in [0.05, 0.1) is 41.5 Å². The van der Waals surface area contributed by atoms with E-state index in [1.807, 2.05) is 37.3 Å². The van der Waals surface area contributed by atoms with Crippen LogP contribution in [0, 0.1) is 11.8 Å². The van der Waals surface area contributed by atoms with E-state index in [-0.39, 0.29) is 22.9 Å². The van der Waals surface area contributed by atoms with Crippen LogP contribution in [0.5, 0.6) is 11.5 Å². The van der Waals surface area contributed by atoms with Gasteiger partial charge in [0.15, 0.2) is 0 Å². The van der Waals surface area contributed by atoms with Gasteiger partial charge < -0.3 is 20.1 Å². The maximum atomic E-state index is 12.9. The number of anilines is 2. The number of nitrogens with one attached hydrogen (secondary N) is 3. The third-order valence-corrected chi connectivity index (χ3v) is 12.7. The molecule has 0 bridgehead atoms. The van der Waals surface area contributed by atoms with Crippen LogP contribution in [0.4, 0.5) is 11.4 Å². The molecule has 3 amide bonds. The van der Waals surface area contributed by atoms with Gasteiger partial charge in [-0.15, -0.1) is 9.32 Å². The number of unbranched alkanes of at least 4 members (excludes halogenated alkanes) is 2. The van der Waals surface area contributed by atoms with Crippen LogP contribution in [0.2, 0.25) is 0 Å². The average molecular weight is 875 g/mol. The summed E-state index contributed by atoms with van der Waals surface area (Å²) in [6, 6.07) is 27.4. The molecular weight excluding hydrogens is 817 g/mol. The second kappa shape index (κ2) is 25.1. The van der Waals surface area contributed by atoms with Crippen molar-refractivity contribution in [2.75, 3.05) is 23.8 Å². The Bertz CT molecular complexity index is 2120. The first-order valence-electron chi connectivity index (χ1n) is 21.2. The van der Waals surface area contributed by atoms with E-state index in [4.69, 9.17) is 15.4 Å². The second-order valence-electron chi connectivity index (χ2n) is 15.3. The van der Waals surface area contributed by atoms with E-state index >= 15 is 0 Å². The molecule has 2 aliphatic carbocycles. The van der Waals surface area contributed by atoms with Crippen molar-refractivity contribution >= 4 is 51.2 Å². The van der Waals surface area contributed by atoms with Gasteiger partial charge in [0.25, 0.3) is 21.8 Å². The first kappa shape index (κ1) is 47.1. The molecule has 0 spiro atoms. The molecule has 0 aromatic heterocycles. The molecule has 0 heterocycles. The molecule has 0 saturated heterocycles. The Labute approximate surface area is 364 Å². The van der Waals surface area contributed by atoms with Gasteiger partial charge in [0.2, 0.25) is 5.91 Å². The highest BCUT2D eigenvalue weighted by Gasteiger charge is 2.23. The number of hydrogen-bond donors (Lipinski definition) is 4. The summed E-state index contributed by atoms with van der Waals surface area (Å²) in [5.74, 6) is 6.12. The predicted molar refractivity (Wildman–Crippen MR) is 237 cm³/mol. The lowest BCUT2D eigenvalue weighted by Gasteiger charge is -2.21. The second-order valence-corrected chi connectivity index (χ2v) is 17.7. The molecule has 61 heavy (non-hydrogen) atoms. The monoisotopic (exact) mass is 874 g/mol. The number of carbonyl (C=O) groups excluding carboxylic acids is 3. The van der Waals surface area contributed by atoms with E-state index in [1.54, 1.807) is 54.6 Å². The predicted octanol–water partition coefficient (Wildman–Crippen LogP) is 10.0. The zero-order chi connectivity index (χ0) is 43.3. The summed E-state index contributed by atoms with van der Waals surface area (Å²) >= 11 is 0.925. The average Bonchev–Trinajstić information content (AvgIpc) is 3.28. The van der Waals surface area contributed by atoms with E-state index in [1.165, 1.54) is 76.3 Å². The topological polar surface area (TPSA) is 184 Å².